The number of nitrogens with zero attached hydrogens (tertiary/aromatic N) is 1. The molecular weight excluding hydrogens is 372 g/mol. The molecule has 2 aromatic rings. The minimum absolute atomic E-state index is 0.0924. The van der Waals surface area contributed by atoms with Gasteiger partial charge >= 0.3 is 5.97 Å². The minimum Gasteiger partial charge on any atom is -0.452 e. The molecule has 0 spiro atoms. The molecule has 0 bridgehead atoms. The predicted octanol–water partition coefficient (Wildman–Crippen LogP) is 2.90. The highest BCUT2D eigenvalue weighted by atomic mass is 32.2. The number of nitrogens with one attached hydrogen (secondary N) is 1. The second kappa shape index (κ2) is 8.37. The monoisotopic (exact) mass is 390 g/mol. The number of thiophene rings is 1. The number of ether oxygens (including phenoxy) is 1. The molecule has 2 heterocycles. The van der Waals surface area contributed by atoms with E-state index in [4.69, 9.17) is 4.74 Å². The van der Waals surface area contributed by atoms with Crippen molar-refractivity contribution < 1.29 is 19.1 Å². The summed E-state index contributed by atoms with van der Waals surface area (Å²) in [5, 5.41) is 4.71. The van der Waals surface area contributed by atoms with Gasteiger partial charge in [0.25, 0.3) is 5.91 Å². The lowest BCUT2D eigenvalue weighted by Gasteiger charge is -2.30. The summed E-state index contributed by atoms with van der Waals surface area (Å²) < 4.78 is 5.26. The summed E-state index contributed by atoms with van der Waals surface area (Å²) in [5.41, 5.74) is 1.18. The number of hydrogen-bond acceptors (Lipinski definition) is 6. The highest BCUT2D eigenvalue weighted by Crippen LogP contribution is 2.29. The molecule has 8 heteroatoms. The van der Waals surface area contributed by atoms with Crippen LogP contribution in [0.1, 0.15) is 11.8 Å². The van der Waals surface area contributed by atoms with Crippen LogP contribution in [0.3, 0.4) is 0 Å². The Morgan fingerprint density at radius 3 is 2.88 bits per heavy atom. The minimum atomic E-state index is -0.955. The first kappa shape index (κ1) is 18.5. The standard InChI is InChI=1S/C18H18N2O4S2/c1-12(24-17(22)11-25-10-13-5-4-8-26-13)18(23)20-9-16(21)19-14-6-2-3-7-15(14)20/h2-8,12H,9-11H2,1H3,(H,19,21)/t12-/m1/s1. The van der Waals surface area contributed by atoms with Crippen LogP contribution < -0.4 is 10.2 Å². The highest BCUT2D eigenvalue weighted by Gasteiger charge is 2.31. The van der Waals surface area contributed by atoms with E-state index in [9.17, 15) is 14.4 Å². The molecule has 1 atom stereocenters. The van der Waals surface area contributed by atoms with E-state index in [0.29, 0.717) is 11.4 Å². The quantitative estimate of drug-likeness (QED) is 0.768. The van der Waals surface area contributed by atoms with Gasteiger partial charge < -0.3 is 10.1 Å². The number of amides is 2. The van der Waals surface area contributed by atoms with Gasteiger partial charge in [-0.05, 0) is 30.5 Å². The number of carbonyl (C=O) groups is 3. The Hall–Kier alpha value is -2.32. The zero-order chi connectivity index (χ0) is 18.5. The summed E-state index contributed by atoms with van der Waals surface area (Å²) in [7, 11) is 0. The van der Waals surface area contributed by atoms with Crippen molar-refractivity contribution >= 4 is 52.3 Å². The summed E-state index contributed by atoms with van der Waals surface area (Å²) in [5.74, 6) is -0.227. The van der Waals surface area contributed by atoms with Crippen LogP contribution in [-0.2, 0) is 24.9 Å². The van der Waals surface area contributed by atoms with Crippen LogP contribution in [0.4, 0.5) is 11.4 Å². The lowest BCUT2D eigenvalue weighted by atomic mass is 10.1. The Balaban J connectivity index is 1.56. The van der Waals surface area contributed by atoms with Crippen molar-refractivity contribution in [2.45, 2.75) is 18.8 Å². The van der Waals surface area contributed by atoms with Crippen molar-refractivity contribution in [1.82, 2.24) is 0 Å². The number of fused-ring (bicyclic) bond motifs is 1. The third kappa shape index (κ3) is 4.44. The van der Waals surface area contributed by atoms with E-state index in [1.165, 1.54) is 28.5 Å². The molecule has 1 aliphatic heterocycles. The van der Waals surface area contributed by atoms with Crippen LogP contribution in [0.2, 0.25) is 0 Å². The average Bonchev–Trinajstić information content (AvgIpc) is 3.13. The van der Waals surface area contributed by atoms with Gasteiger partial charge in [-0.1, -0.05) is 18.2 Å². The molecule has 0 saturated carbocycles. The van der Waals surface area contributed by atoms with Crippen molar-refractivity contribution in [2.24, 2.45) is 0 Å². The number of carbonyl (C=O) groups excluding carboxylic acids is 3. The SMILES string of the molecule is C[C@@H](OC(=O)CSCc1cccs1)C(=O)N1CC(=O)Nc2ccccc21. The summed E-state index contributed by atoms with van der Waals surface area (Å²) >= 11 is 3.08. The molecular formula is C18H18N2O4S2. The van der Waals surface area contributed by atoms with E-state index < -0.39 is 18.0 Å². The Morgan fingerprint density at radius 1 is 1.31 bits per heavy atom. The number of anilines is 2. The van der Waals surface area contributed by atoms with Crippen LogP contribution in [0.5, 0.6) is 0 Å². The van der Waals surface area contributed by atoms with Crippen LogP contribution in [0, 0.1) is 0 Å². The first-order chi connectivity index (χ1) is 12.5. The van der Waals surface area contributed by atoms with Gasteiger partial charge in [0, 0.05) is 10.6 Å². The number of esters is 1. The second-order valence-electron chi connectivity index (χ2n) is 5.69. The fourth-order valence-electron chi connectivity index (χ4n) is 2.56. The third-order valence-electron chi connectivity index (χ3n) is 3.74. The molecule has 1 aromatic carbocycles. The number of hydrogen-bond donors (Lipinski definition) is 1. The maximum absolute atomic E-state index is 12.7. The molecule has 0 radical (unpaired) electrons. The van der Waals surface area contributed by atoms with Gasteiger partial charge in [-0.2, -0.15) is 0 Å². The molecule has 6 nitrogen and oxygen atoms in total. The van der Waals surface area contributed by atoms with Crippen molar-refractivity contribution in [2.75, 3.05) is 22.5 Å². The van der Waals surface area contributed by atoms with Crippen LogP contribution in [0.15, 0.2) is 41.8 Å². The van der Waals surface area contributed by atoms with Crippen molar-refractivity contribution in [1.29, 1.82) is 0 Å². The molecule has 0 aliphatic carbocycles. The van der Waals surface area contributed by atoms with Gasteiger partial charge in [0.05, 0.1) is 17.1 Å². The Morgan fingerprint density at radius 2 is 2.12 bits per heavy atom. The fourth-order valence-corrected chi connectivity index (χ4v) is 4.21. The zero-order valence-electron chi connectivity index (χ0n) is 14.1. The first-order valence-corrected chi connectivity index (χ1v) is 10.1. The molecule has 0 saturated heterocycles. The molecule has 2 amide bonds. The average molecular weight is 390 g/mol. The van der Waals surface area contributed by atoms with Gasteiger partial charge in [-0.15, -0.1) is 23.1 Å². The molecule has 0 fully saturated rings. The van der Waals surface area contributed by atoms with Crippen molar-refractivity contribution in [3.05, 3.63) is 46.7 Å². The summed E-state index contributed by atoms with van der Waals surface area (Å²) in [4.78, 5) is 39.0. The fraction of sp³-hybridized carbons (Fsp3) is 0.278. The maximum Gasteiger partial charge on any atom is 0.316 e. The van der Waals surface area contributed by atoms with Crippen molar-refractivity contribution in [3.8, 4) is 0 Å². The van der Waals surface area contributed by atoms with Gasteiger partial charge in [0.1, 0.15) is 6.54 Å². The van der Waals surface area contributed by atoms with Crippen LogP contribution in [-0.4, -0.2) is 36.2 Å². The second-order valence-corrected chi connectivity index (χ2v) is 7.71. The van der Waals surface area contributed by atoms with Crippen LogP contribution >= 0.6 is 23.1 Å². The molecule has 1 N–H and O–H groups in total. The molecule has 1 aromatic heterocycles. The number of rotatable bonds is 6. The van der Waals surface area contributed by atoms with Crippen LogP contribution in [0.25, 0.3) is 0 Å². The molecule has 0 unspecified atom stereocenters. The highest BCUT2D eigenvalue weighted by molar-refractivity contribution is 7.99. The lowest BCUT2D eigenvalue weighted by Crippen LogP contribution is -2.47. The Kier molecular flexibility index (Phi) is 5.95. The normalized spacial score (nSPS) is 14.3. The summed E-state index contributed by atoms with van der Waals surface area (Å²) in [6.07, 6.45) is -0.955. The van der Waals surface area contributed by atoms with E-state index >= 15 is 0 Å². The largest absolute Gasteiger partial charge is 0.452 e. The third-order valence-corrected chi connectivity index (χ3v) is 5.75. The Labute approximate surface area is 159 Å². The maximum atomic E-state index is 12.7. The van der Waals surface area contributed by atoms with Gasteiger partial charge in [0.2, 0.25) is 5.91 Å². The zero-order valence-corrected chi connectivity index (χ0v) is 15.8. The Bertz CT molecular complexity index is 807. The smallest absolute Gasteiger partial charge is 0.316 e. The van der Waals surface area contributed by atoms with Crippen molar-refractivity contribution in [3.63, 3.8) is 0 Å². The molecule has 26 heavy (non-hydrogen) atoms. The molecule has 1 aliphatic rings. The molecule has 3 rings (SSSR count). The van der Waals surface area contributed by atoms with E-state index in [-0.39, 0.29) is 18.2 Å². The lowest BCUT2D eigenvalue weighted by molar-refractivity contribution is -0.151. The first-order valence-electron chi connectivity index (χ1n) is 8.04. The topological polar surface area (TPSA) is 75.7 Å². The molecule has 136 valence electrons. The van der Waals surface area contributed by atoms with E-state index in [0.717, 1.165) is 5.75 Å². The van der Waals surface area contributed by atoms with Gasteiger partial charge in [-0.3, -0.25) is 19.3 Å². The van der Waals surface area contributed by atoms with E-state index in [1.807, 2.05) is 17.5 Å². The number of para-hydroxylation sites is 2. The van der Waals surface area contributed by atoms with E-state index in [1.54, 1.807) is 35.6 Å². The van der Waals surface area contributed by atoms with E-state index in [2.05, 4.69) is 5.32 Å². The number of thioether (sulfide) groups is 1. The number of benzene rings is 1. The summed E-state index contributed by atoms with van der Waals surface area (Å²) in [6, 6.07) is 11.0. The predicted molar refractivity (Wildman–Crippen MR) is 103 cm³/mol. The van der Waals surface area contributed by atoms with Gasteiger partial charge in [0.15, 0.2) is 6.10 Å². The summed E-state index contributed by atoms with van der Waals surface area (Å²) in [6.45, 7) is 1.43. The van der Waals surface area contributed by atoms with Gasteiger partial charge in [-0.25, -0.2) is 0 Å².